The molecule has 0 aliphatic heterocycles. The van der Waals surface area contributed by atoms with E-state index in [1.807, 2.05) is 12.1 Å². The predicted octanol–water partition coefficient (Wildman–Crippen LogP) is 3.57. The van der Waals surface area contributed by atoms with Crippen molar-refractivity contribution >= 4 is 41.5 Å². The lowest BCUT2D eigenvalue weighted by Gasteiger charge is -2.11. The maximum atomic E-state index is 10.6. The van der Waals surface area contributed by atoms with Gasteiger partial charge in [-0.3, -0.25) is 4.79 Å². The van der Waals surface area contributed by atoms with Crippen molar-refractivity contribution in [1.82, 2.24) is 0 Å². The summed E-state index contributed by atoms with van der Waals surface area (Å²) in [7, 11) is -1.22. The highest BCUT2D eigenvalue weighted by molar-refractivity contribution is 7.26. The molecule has 0 aromatic carbocycles. The van der Waals surface area contributed by atoms with Crippen LogP contribution < -0.4 is 4.50 Å². The molecule has 0 spiro atoms. The standard InChI is InChI=1S/C14H14OS2Si/c1-18(2,3)14-9-8-12(17-14)5-4-11-6-7-13(10-15)16-11/h6-10H,1-3H3. The molecule has 0 saturated carbocycles. The van der Waals surface area contributed by atoms with Crippen LogP contribution in [-0.4, -0.2) is 14.4 Å². The Hall–Kier alpha value is -1.15. The highest BCUT2D eigenvalue weighted by atomic mass is 32.1. The van der Waals surface area contributed by atoms with Crippen molar-refractivity contribution in [3.63, 3.8) is 0 Å². The van der Waals surface area contributed by atoms with Crippen molar-refractivity contribution in [3.05, 3.63) is 38.9 Å². The summed E-state index contributed by atoms with van der Waals surface area (Å²) in [5, 5.41) is 0. The van der Waals surface area contributed by atoms with Crippen molar-refractivity contribution in [2.24, 2.45) is 0 Å². The second kappa shape index (κ2) is 5.23. The fourth-order valence-corrected chi connectivity index (χ4v) is 4.84. The van der Waals surface area contributed by atoms with Crippen LogP contribution in [0.25, 0.3) is 0 Å². The fourth-order valence-electron chi connectivity index (χ4n) is 1.41. The summed E-state index contributed by atoms with van der Waals surface area (Å²) in [5.41, 5.74) is 0. The first-order valence-corrected chi connectivity index (χ1v) is 10.8. The molecule has 0 bridgehead atoms. The molecular formula is C14H14OS2Si. The van der Waals surface area contributed by atoms with Crippen molar-refractivity contribution in [2.45, 2.75) is 19.6 Å². The number of carbonyl (C=O) groups is 1. The van der Waals surface area contributed by atoms with Crippen molar-refractivity contribution in [3.8, 4) is 11.8 Å². The summed E-state index contributed by atoms with van der Waals surface area (Å²) in [5.74, 6) is 6.29. The molecule has 0 N–H and O–H groups in total. The van der Waals surface area contributed by atoms with Gasteiger partial charge >= 0.3 is 0 Å². The van der Waals surface area contributed by atoms with Crippen LogP contribution in [0.15, 0.2) is 24.3 Å². The Morgan fingerprint density at radius 3 is 2.11 bits per heavy atom. The lowest BCUT2D eigenvalue weighted by molar-refractivity contribution is 0.112. The number of aldehydes is 1. The lowest BCUT2D eigenvalue weighted by atomic mass is 10.4. The molecule has 2 aromatic rings. The van der Waals surface area contributed by atoms with E-state index in [0.29, 0.717) is 0 Å². The second-order valence-electron chi connectivity index (χ2n) is 4.98. The molecule has 4 heteroatoms. The average molecular weight is 290 g/mol. The van der Waals surface area contributed by atoms with Gasteiger partial charge in [-0.15, -0.1) is 22.7 Å². The highest BCUT2D eigenvalue weighted by Crippen LogP contribution is 2.15. The normalized spacial score (nSPS) is 10.8. The Morgan fingerprint density at radius 2 is 1.61 bits per heavy atom. The average Bonchev–Trinajstić information content (AvgIpc) is 2.94. The van der Waals surface area contributed by atoms with E-state index in [0.717, 1.165) is 20.9 Å². The van der Waals surface area contributed by atoms with Crippen LogP contribution >= 0.6 is 22.7 Å². The van der Waals surface area contributed by atoms with E-state index < -0.39 is 8.07 Å². The first kappa shape index (κ1) is 13.3. The second-order valence-corrected chi connectivity index (χ2v) is 12.6. The third-order valence-corrected chi connectivity index (χ3v) is 7.93. The zero-order valence-corrected chi connectivity index (χ0v) is 13.2. The predicted molar refractivity (Wildman–Crippen MR) is 83.0 cm³/mol. The molecule has 0 aliphatic rings. The van der Waals surface area contributed by atoms with E-state index in [-0.39, 0.29) is 0 Å². The molecule has 0 amide bonds. The van der Waals surface area contributed by atoms with Crippen molar-refractivity contribution < 1.29 is 4.79 Å². The molecule has 92 valence electrons. The summed E-state index contributed by atoms with van der Waals surface area (Å²) >= 11 is 3.23. The number of rotatable bonds is 2. The molecule has 0 saturated heterocycles. The molecule has 1 nitrogen and oxygen atoms in total. The first-order valence-electron chi connectivity index (χ1n) is 5.66. The number of carbonyl (C=O) groups excluding carboxylic acids is 1. The van der Waals surface area contributed by atoms with Gasteiger partial charge < -0.3 is 0 Å². The van der Waals surface area contributed by atoms with Crippen LogP contribution in [0.3, 0.4) is 0 Å². The molecule has 0 unspecified atom stereocenters. The quantitative estimate of drug-likeness (QED) is 0.469. The van der Waals surface area contributed by atoms with Gasteiger partial charge in [-0.25, -0.2) is 0 Å². The van der Waals surface area contributed by atoms with E-state index >= 15 is 0 Å². The topological polar surface area (TPSA) is 17.1 Å². The number of thiophene rings is 2. The van der Waals surface area contributed by atoms with E-state index in [1.54, 1.807) is 11.3 Å². The highest BCUT2D eigenvalue weighted by Gasteiger charge is 2.18. The zero-order valence-electron chi connectivity index (χ0n) is 10.6. The molecule has 2 aromatic heterocycles. The van der Waals surface area contributed by atoms with E-state index in [9.17, 15) is 4.79 Å². The van der Waals surface area contributed by atoms with E-state index in [4.69, 9.17) is 0 Å². The fraction of sp³-hybridized carbons (Fsp3) is 0.214. The van der Waals surface area contributed by atoms with Gasteiger partial charge in [0.1, 0.15) is 0 Å². The van der Waals surface area contributed by atoms with Gasteiger partial charge in [-0.1, -0.05) is 25.7 Å². The summed E-state index contributed by atoms with van der Waals surface area (Å²) in [6.07, 6.45) is 0.865. The van der Waals surface area contributed by atoms with Crippen LogP contribution in [0, 0.1) is 11.8 Å². The minimum atomic E-state index is -1.22. The SMILES string of the molecule is C[Si](C)(C)c1ccc(C#Cc2ccc(C=O)s2)s1. The lowest BCUT2D eigenvalue weighted by Crippen LogP contribution is -2.34. The summed E-state index contributed by atoms with van der Waals surface area (Å²) in [6.45, 7) is 7.02. The molecule has 2 rings (SSSR count). The van der Waals surface area contributed by atoms with E-state index in [1.165, 1.54) is 15.8 Å². The van der Waals surface area contributed by atoms with Crippen LogP contribution in [0.2, 0.25) is 19.6 Å². The maximum absolute atomic E-state index is 10.6. The van der Waals surface area contributed by atoms with Crippen LogP contribution in [-0.2, 0) is 0 Å². The molecular weight excluding hydrogens is 276 g/mol. The minimum Gasteiger partial charge on any atom is -0.297 e. The molecule has 0 radical (unpaired) electrons. The third kappa shape index (κ3) is 3.20. The monoisotopic (exact) mass is 290 g/mol. The Kier molecular flexibility index (Phi) is 3.86. The molecule has 0 atom stereocenters. The summed E-state index contributed by atoms with van der Waals surface area (Å²) in [4.78, 5) is 13.4. The smallest absolute Gasteiger partial charge is 0.160 e. The van der Waals surface area contributed by atoms with Gasteiger partial charge in [0.15, 0.2) is 6.29 Å². The molecule has 2 heterocycles. The third-order valence-electron chi connectivity index (χ3n) is 2.40. The van der Waals surface area contributed by atoms with Gasteiger partial charge in [0.05, 0.1) is 22.7 Å². The maximum Gasteiger partial charge on any atom is 0.160 e. The van der Waals surface area contributed by atoms with Crippen LogP contribution in [0.4, 0.5) is 0 Å². The molecule has 0 fully saturated rings. The van der Waals surface area contributed by atoms with Gasteiger partial charge in [-0.2, -0.15) is 0 Å². The molecule has 0 aliphatic carbocycles. The van der Waals surface area contributed by atoms with Gasteiger partial charge in [0, 0.05) is 0 Å². The summed E-state index contributed by atoms with van der Waals surface area (Å²) in [6, 6.07) is 8.00. The first-order chi connectivity index (χ1) is 8.49. The van der Waals surface area contributed by atoms with Crippen molar-refractivity contribution in [1.29, 1.82) is 0 Å². The zero-order chi connectivity index (χ0) is 13.2. The summed E-state index contributed by atoms with van der Waals surface area (Å²) < 4.78 is 1.48. The van der Waals surface area contributed by atoms with E-state index in [2.05, 4.69) is 43.6 Å². The Bertz CT molecular complexity index is 620. The Balaban J connectivity index is 2.20. The minimum absolute atomic E-state index is 0.730. The number of hydrogen-bond acceptors (Lipinski definition) is 3. The van der Waals surface area contributed by atoms with Crippen molar-refractivity contribution in [2.75, 3.05) is 0 Å². The van der Waals surface area contributed by atoms with Crippen LogP contribution in [0.1, 0.15) is 19.4 Å². The Morgan fingerprint density at radius 1 is 1.00 bits per heavy atom. The Labute approximate surface area is 117 Å². The number of hydrogen-bond donors (Lipinski definition) is 0. The van der Waals surface area contributed by atoms with Gasteiger partial charge in [0.2, 0.25) is 0 Å². The largest absolute Gasteiger partial charge is 0.297 e. The van der Waals surface area contributed by atoms with Crippen LogP contribution in [0.5, 0.6) is 0 Å². The molecule has 18 heavy (non-hydrogen) atoms. The van der Waals surface area contributed by atoms with Gasteiger partial charge in [0.25, 0.3) is 0 Å². The van der Waals surface area contributed by atoms with Gasteiger partial charge in [-0.05, 0) is 34.5 Å².